The maximum atomic E-state index is 13.5. The molecule has 10 heteroatoms. The molecule has 2 aliphatic heterocycles. The molecule has 9 nitrogen and oxygen atoms in total. The predicted molar refractivity (Wildman–Crippen MR) is 152 cm³/mol. The highest BCUT2D eigenvalue weighted by Crippen LogP contribution is 2.46. The van der Waals surface area contributed by atoms with Crippen LogP contribution in [0, 0.1) is 12.8 Å². The normalized spacial score (nSPS) is 19.7. The van der Waals surface area contributed by atoms with Crippen LogP contribution in [0.1, 0.15) is 28.6 Å². The number of likely N-dealkylation sites (tertiary alicyclic amines) is 1. The van der Waals surface area contributed by atoms with E-state index in [2.05, 4.69) is 35.2 Å². The summed E-state index contributed by atoms with van der Waals surface area (Å²) in [5.41, 5.74) is 2.69. The van der Waals surface area contributed by atoms with Gasteiger partial charge in [0.1, 0.15) is 21.2 Å². The molecule has 2 aromatic heterocycles. The minimum atomic E-state index is -0.362. The van der Waals surface area contributed by atoms with Gasteiger partial charge in [-0.3, -0.25) is 14.5 Å². The molecule has 4 heterocycles. The third-order valence-corrected chi connectivity index (χ3v) is 8.31. The zero-order chi connectivity index (χ0) is 27.3. The number of aromatic nitrogens is 1. The quantitative estimate of drug-likeness (QED) is 0.414. The number of rotatable bonds is 6. The molecule has 1 aromatic carbocycles. The molecule has 2 atom stereocenters. The van der Waals surface area contributed by atoms with E-state index in [-0.39, 0.29) is 29.8 Å². The van der Waals surface area contributed by atoms with E-state index in [4.69, 9.17) is 4.74 Å². The first-order valence-corrected chi connectivity index (χ1v) is 13.6. The lowest BCUT2D eigenvalue weighted by Gasteiger charge is -2.29. The van der Waals surface area contributed by atoms with Crippen LogP contribution in [0.3, 0.4) is 0 Å². The molecule has 2 N–H and O–H groups in total. The number of thiophene rings is 1. The number of nitrogens with one attached hydrogen (secondary N) is 2. The highest BCUT2D eigenvalue weighted by molar-refractivity contribution is 7.21. The van der Waals surface area contributed by atoms with E-state index < -0.39 is 0 Å². The second kappa shape index (κ2) is 9.70. The van der Waals surface area contributed by atoms with E-state index in [1.165, 1.54) is 17.4 Å². The van der Waals surface area contributed by atoms with Crippen molar-refractivity contribution in [1.82, 2.24) is 15.2 Å². The van der Waals surface area contributed by atoms with Crippen molar-refractivity contribution >= 4 is 56.5 Å². The van der Waals surface area contributed by atoms with Crippen molar-refractivity contribution in [3.63, 3.8) is 0 Å². The summed E-state index contributed by atoms with van der Waals surface area (Å²) in [6.45, 7) is 8.52. The SMILES string of the molecule is C=CC(=O)N1CCC(NC(=O)c2sc3nccc4c3c2NC(=O)N4c2ccc(OC3=CC=CC3C)cc2C)C1. The second-order valence-electron chi connectivity index (χ2n) is 9.82. The number of allylic oxidation sites excluding steroid dienone is 3. The fraction of sp³-hybridized carbons (Fsp3) is 0.241. The molecule has 39 heavy (non-hydrogen) atoms. The Morgan fingerprint density at radius 2 is 2.13 bits per heavy atom. The Hall–Kier alpha value is -4.44. The van der Waals surface area contributed by atoms with Gasteiger partial charge in [-0.2, -0.15) is 0 Å². The zero-order valence-electron chi connectivity index (χ0n) is 21.6. The van der Waals surface area contributed by atoms with Gasteiger partial charge >= 0.3 is 6.03 Å². The van der Waals surface area contributed by atoms with Gasteiger partial charge in [0.2, 0.25) is 5.91 Å². The Balaban J connectivity index is 1.29. The number of hydrogen-bond acceptors (Lipinski definition) is 6. The van der Waals surface area contributed by atoms with Crippen LogP contribution in [-0.2, 0) is 4.79 Å². The summed E-state index contributed by atoms with van der Waals surface area (Å²) in [5.74, 6) is 1.34. The molecule has 1 fully saturated rings. The van der Waals surface area contributed by atoms with Crippen molar-refractivity contribution < 1.29 is 19.1 Å². The minimum Gasteiger partial charge on any atom is -0.461 e. The van der Waals surface area contributed by atoms with E-state index in [0.717, 1.165) is 16.7 Å². The Morgan fingerprint density at radius 1 is 1.28 bits per heavy atom. The molecule has 2 unspecified atom stereocenters. The van der Waals surface area contributed by atoms with Gasteiger partial charge in [0.05, 0.1) is 22.4 Å². The first kappa shape index (κ1) is 24.9. The molecule has 4 amide bonds. The number of carbonyl (C=O) groups is 3. The Labute approximate surface area is 229 Å². The Morgan fingerprint density at radius 3 is 2.87 bits per heavy atom. The molecular formula is C29H27N5O4S. The van der Waals surface area contributed by atoms with E-state index in [1.807, 2.05) is 37.3 Å². The number of hydrogen-bond donors (Lipinski definition) is 2. The predicted octanol–water partition coefficient (Wildman–Crippen LogP) is 5.27. The van der Waals surface area contributed by atoms with Crippen molar-refractivity contribution in [3.05, 3.63) is 77.5 Å². The van der Waals surface area contributed by atoms with Gasteiger partial charge in [0, 0.05) is 31.2 Å². The van der Waals surface area contributed by atoms with Crippen LogP contribution >= 0.6 is 11.3 Å². The van der Waals surface area contributed by atoms with E-state index in [0.29, 0.717) is 52.0 Å². The smallest absolute Gasteiger partial charge is 0.331 e. The molecule has 1 saturated heterocycles. The van der Waals surface area contributed by atoms with Gasteiger partial charge < -0.3 is 20.3 Å². The van der Waals surface area contributed by atoms with Crippen molar-refractivity contribution in [3.8, 4) is 5.75 Å². The molecule has 6 rings (SSSR count). The van der Waals surface area contributed by atoms with E-state index in [9.17, 15) is 14.4 Å². The number of carbonyl (C=O) groups excluding carboxylic acids is 3. The van der Waals surface area contributed by atoms with Gasteiger partial charge in [0.15, 0.2) is 0 Å². The van der Waals surface area contributed by atoms with Gasteiger partial charge in [-0.05, 0) is 55.3 Å². The lowest BCUT2D eigenvalue weighted by molar-refractivity contribution is -0.125. The van der Waals surface area contributed by atoms with Crippen molar-refractivity contribution in [2.45, 2.75) is 26.3 Å². The van der Waals surface area contributed by atoms with Crippen LogP contribution in [-0.4, -0.2) is 46.9 Å². The van der Waals surface area contributed by atoms with Crippen LogP contribution in [0.4, 0.5) is 21.9 Å². The monoisotopic (exact) mass is 541 g/mol. The summed E-state index contributed by atoms with van der Waals surface area (Å²) < 4.78 is 6.06. The van der Waals surface area contributed by atoms with Crippen LogP contribution in [0.5, 0.6) is 5.75 Å². The maximum Gasteiger partial charge on any atom is 0.331 e. The molecule has 3 aromatic rings. The number of benzene rings is 1. The maximum absolute atomic E-state index is 13.5. The Kier molecular flexibility index (Phi) is 6.19. The first-order valence-electron chi connectivity index (χ1n) is 12.8. The average molecular weight is 542 g/mol. The highest BCUT2D eigenvalue weighted by Gasteiger charge is 2.34. The van der Waals surface area contributed by atoms with Crippen LogP contribution in [0.25, 0.3) is 10.2 Å². The summed E-state index contributed by atoms with van der Waals surface area (Å²) in [6.07, 6.45) is 9.59. The summed E-state index contributed by atoms with van der Waals surface area (Å²) in [5, 5.41) is 6.68. The van der Waals surface area contributed by atoms with Crippen LogP contribution in [0.2, 0.25) is 0 Å². The first-order chi connectivity index (χ1) is 18.8. The molecule has 0 saturated carbocycles. The molecule has 3 aliphatic rings. The third-order valence-electron chi connectivity index (χ3n) is 7.22. The molecular weight excluding hydrogens is 514 g/mol. The van der Waals surface area contributed by atoms with Gasteiger partial charge in [-0.25, -0.2) is 9.78 Å². The number of ether oxygens (including phenoxy) is 1. The average Bonchev–Trinajstić information content (AvgIpc) is 3.65. The number of aryl methyl sites for hydroxylation is 1. The molecule has 0 radical (unpaired) electrons. The molecule has 0 spiro atoms. The zero-order valence-corrected chi connectivity index (χ0v) is 22.4. The lowest BCUT2D eigenvalue weighted by atomic mass is 10.1. The number of amides is 4. The molecule has 1 aliphatic carbocycles. The van der Waals surface area contributed by atoms with E-state index in [1.54, 1.807) is 22.1 Å². The second-order valence-corrected chi connectivity index (χ2v) is 10.8. The fourth-order valence-corrected chi connectivity index (χ4v) is 6.23. The number of urea groups is 1. The van der Waals surface area contributed by atoms with Crippen molar-refractivity contribution in [1.29, 1.82) is 0 Å². The van der Waals surface area contributed by atoms with Gasteiger partial charge in [-0.1, -0.05) is 25.7 Å². The van der Waals surface area contributed by atoms with Crippen molar-refractivity contribution in [2.24, 2.45) is 5.92 Å². The van der Waals surface area contributed by atoms with Gasteiger partial charge in [-0.15, -0.1) is 11.3 Å². The van der Waals surface area contributed by atoms with E-state index >= 15 is 0 Å². The fourth-order valence-electron chi connectivity index (χ4n) is 5.21. The number of nitrogens with zero attached hydrogens (tertiary/aromatic N) is 3. The standard InChI is InChI=1S/C29H27N5O4S/c1-4-23(35)33-13-11-18(15-33)31-27(36)26-25-24-21(10-12-30-28(24)39-26)34(29(37)32-25)20-9-8-19(14-17(20)3)38-22-7-5-6-16(22)2/h4-10,12,14,16,18H,1,11,13,15H2,2-3H3,(H,31,36)(H,32,37). The van der Waals surface area contributed by atoms with Crippen molar-refractivity contribution in [2.75, 3.05) is 23.3 Å². The van der Waals surface area contributed by atoms with Crippen LogP contribution in [0.15, 0.2) is 67.1 Å². The summed E-state index contributed by atoms with van der Waals surface area (Å²) in [7, 11) is 0. The number of pyridine rings is 1. The third kappa shape index (κ3) is 4.36. The van der Waals surface area contributed by atoms with Gasteiger partial charge in [0.25, 0.3) is 5.91 Å². The summed E-state index contributed by atoms with van der Waals surface area (Å²) in [4.78, 5) is 47.5. The highest BCUT2D eigenvalue weighted by atomic mass is 32.1. The lowest BCUT2D eigenvalue weighted by Crippen LogP contribution is -2.39. The minimum absolute atomic E-state index is 0.151. The summed E-state index contributed by atoms with van der Waals surface area (Å²) >= 11 is 1.24. The Bertz CT molecular complexity index is 1610. The molecule has 0 bridgehead atoms. The number of anilines is 3. The van der Waals surface area contributed by atoms with Crippen LogP contribution < -0.4 is 20.3 Å². The largest absolute Gasteiger partial charge is 0.461 e. The topological polar surface area (TPSA) is 104 Å². The molecule has 198 valence electrons. The summed E-state index contributed by atoms with van der Waals surface area (Å²) in [6, 6.07) is 6.88.